The topological polar surface area (TPSA) is 23.5 Å². The van der Waals surface area contributed by atoms with Gasteiger partial charge in [-0.1, -0.05) is 38.3 Å². The van der Waals surface area contributed by atoms with Crippen LogP contribution in [0.15, 0.2) is 12.2 Å². The van der Waals surface area contributed by atoms with E-state index in [1.165, 1.54) is 38.8 Å². The van der Waals surface area contributed by atoms with Crippen LogP contribution in [0.2, 0.25) is 0 Å². The summed E-state index contributed by atoms with van der Waals surface area (Å²) in [5, 5.41) is 9.64. The highest BCUT2D eigenvalue weighted by Crippen LogP contribution is 2.07. The number of likely N-dealkylation sites (tertiary alicyclic amines) is 1. The van der Waals surface area contributed by atoms with Gasteiger partial charge in [-0.05, 0) is 32.4 Å². The summed E-state index contributed by atoms with van der Waals surface area (Å²) >= 11 is 0. The van der Waals surface area contributed by atoms with Crippen molar-refractivity contribution >= 4 is 0 Å². The Hall–Kier alpha value is -0.340. The number of rotatable bonds is 7. The van der Waals surface area contributed by atoms with Gasteiger partial charge in [0.05, 0.1) is 6.10 Å². The van der Waals surface area contributed by atoms with Gasteiger partial charge in [0.2, 0.25) is 0 Å². The van der Waals surface area contributed by atoms with E-state index in [1.54, 1.807) is 0 Å². The molecule has 0 spiro atoms. The minimum atomic E-state index is -0.223. The highest BCUT2D eigenvalue weighted by Gasteiger charge is 2.08. The van der Waals surface area contributed by atoms with E-state index in [0.29, 0.717) is 0 Å². The predicted molar refractivity (Wildman–Crippen MR) is 65.0 cm³/mol. The van der Waals surface area contributed by atoms with Crippen molar-refractivity contribution in [3.05, 3.63) is 12.2 Å². The summed E-state index contributed by atoms with van der Waals surface area (Å²) in [4.78, 5) is 2.44. The summed E-state index contributed by atoms with van der Waals surface area (Å²) in [6.45, 7) is 5.67. The Kier molecular flexibility index (Phi) is 6.69. The van der Waals surface area contributed by atoms with Crippen LogP contribution < -0.4 is 0 Å². The van der Waals surface area contributed by atoms with Crippen molar-refractivity contribution in [2.75, 3.05) is 19.6 Å². The summed E-state index contributed by atoms with van der Waals surface area (Å²) in [6, 6.07) is 0. The lowest BCUT2D eigenvalue weighted by Crippen LogP contribution is -2.19. The van der Waals surface area contributed by atoms with Crippen molar-refractivity contribution < 1.29 is 5.11 Å². The minimum Gasteiger partial charge on any atom is -0.389 e. The van der Waals surface area contributed by atoms with Crippen LogP contribution in [-0.2, 0) is 0 Å². The Morgan fingerprint density at radius 2 is 2.00 bits per heavy atom. The Labute approximate surface area is 94.0 Å². The van der Waals surface area contributed by atoms with Gasteiger partial charge in [0.15, 0.2) is 0 Å². The minimum absolute atomic E-state index is 0.223. The van der Waals surface area contributed by atoms with Gasteiger partial charge >= 0.3 is 0 Å². The molecule has 1 N–H and O–H groups in total. The molecule has 1 fully saturated rings. The maximum Gasteiger partial charge on any atom is 0.0721 e. The standard InChI is InChI=1S/C13H25NO/c1-2-3-4-8-13(15)9-7-12-14-10-5-6-11-14/h7,9,13,15H,2-6,8,10-12H2,1H3/b9-7+. The zero-order valence-corrected chi connectivity index (χ0v) is 9.99. The van der Waals surface area contributed by atoms with Crippen LogP contribution in [0.5, 0.6) is 0 Å². The van der Waals surface area contributed by atoms with E-state index in [9.17, 15) is 5.11 Å². The quantitative estimate of drug-likeness (QED) is 0.517. The molecule has 0 aromatic heterocycles. The molecule has 1 unspecified atom stereocenters. The lowest BCUT2D eigenvalue weighted by Gasteiger charge is -2.11. The van der Waals surface area contributed by atoms with Crippen molar-refractivity contribution in [2.24, 2.45) is 0 Å². The fraction of sp³-hybridized carbons (Fsp3) is 0.846. The highest BCUT2D eigenvalue weighted by molar-refractivity contribution is 4.91. The molecule has 0 amide bonds. The van der Waals surface area contributed by atoms with E-state index >= 15 is 0 Å². The molecular formula is C13H25NO. The van der Waals surface area contributed by atoms with E-state index in [0.717, 1.165) is 19.4 Å². The van der Waals surface area contributed by atoms with Crippen molar-refractivity contribution in [3.8, 4) is 0 Å². The molecule has 0 aromatic rings. The van der Waals surface area contributed by atoms with Gasteiger partial charge in [0.25, 0.3) is 0 Å². The zero-order chi connectivity index (χ0) is 10.9. The Morgan fingerprint density at radius 1 is 1.27 bits per heavy atom. The van der Waals surface area contributed by atoms with Gasteiger partial charge in [-0.25, -0.2) is 0 Å². The number of aliphatic hydroxyl groups excluding tert-OH is 1. The average molecular weight is 211 g/mol. The van der Waals surface area contributed by atoms with Crippen molar-refractivity contribution in [1.29, 1.82) is 0 Å². The maximum absolute atomic E-state index is 9.64. The van der Waals surface area contributed by atoms with E-state index in [4.69, 9.17) is 0 Å². The molecule has 1 atom stereocenters. The van der Waals surface area contributed by atoms with Crippen LogP contribution in [0.25, 0.3) is 0 Å². The number of unbranched alkanes of at least 4 members (excludes halogenated alkanes) is 2. The molecule has 1 aliphatic rings. The third-order valence-corrected chi connectivity index (χ3v) is 3.02. The lowest BCUT2D eigenvalue weighted by molar-refractivity contribution is 0.207. The second-order valence-corrected chi connectivity index (χ2v) is 4.50. The Balaban J connectivity index is 2.02. The van der Waals surface area contributed by atoms with Crippen LogP contribution in [0.4, 0.5) is 0 Å². The molecule has 15 heavy (non-hydrogen) atoms. The predicted octanol–water partition coefficient (Wildman–Crippen LogP) is 2.58. The van der Waals surface area contributed by atoms with Gasteiger partial charge < -0.3 is 5.11 Å². The molecule has 1 heterocycles. The molecule has 88 valence electrons. The third kappa shape index (κ3) is 5.95. The molecule has 2 heteroatoms. The number of nitrogens with zero attached hydrogens (tertiary/aromatic N) is 1. The van der Waals surface area contributed by atoms with Crippen molar-refractivity contribution in [1.82, 2.24) is 4.90 Å². The van der Waals surface area contributed by atoms with Crippen molar-refractivity contribution in [2.45, 2.75) is 51.6 Å². The number of hydrogen-bond donors (Lipinski definition) is 1. The molecule has 1 saturated heterocycles. The molecule has 0 saturated carbocycles. The highest BCUT2D eigenvalue weighted by atomic mass is 16.3. The molecule has 0 aromatic carbocycles. The Bertz CT molecular complexity index is 173. The average Bonchev–Trinajstić information content (AvgIpc) is 2.71. The SMILES string of the molecule is CCCCCC(O)/C=C/CN1CCCC1. The van der Waals surface area contributed by atoms with Crippen molar-refractivity contribution in [3.63, 3.8) is 0 Å². The van der Waals surface area contributed by atoms with Gasteiger partial charge in [-0.3, -0.25) is 4.90 Å². The Morgan fingerprint density at radius 3 is 2.67 bits per heavy atom. The third-order valence-electron chi connectivity index (χ3n) is 3.02. The second-order valence-electron chi connectivity index (χ2n) is 4.50. The maximum atomic E-state index is 9.64. The van der Waals surface area contributed by atoms with Crippen LogP contribution in [0.1, 0.15) is 45.4 Å². The van der Waals surface area contributed by atoms with E-state index in [2.05, 4.69) is 17.9 Å². The zero-order valence-electron chi connectivity index (χ0n) is 9.99. The summed E-state index contributed by atoms with van der Waals surface area (Å²) < 4.78 is 0. The number of aliphatic hydroxyl groups is 1. The van der Waals surface area contributed by atoms with Gasteiger partial charge in [0, 0.05) is 6.54 Å². The molecule has 0 bridgehead atoms. The smallest absolute Gasteiger partial charge is 0.0721 e. The second kappa shape index (κ2) is 7.89. The molecule has 2 nitrogen and oxygen atoms in total. The van der Waals surface area contributed by atoms with Gasteiger partial charge in [-0.15, -0.1) is 0 Å². The van der Waals surface area contributed by atoms with Gasteiger partial charge in [-0.2, -0.15) is 0 Å². The number of hydrogen-bond acceptors (Lipinski definition) is 2. The molecule has 1 aliphatic heterocycles. The van der Waals surface area contributed by atoms with Gasteiger partial charge in [0.1, 0.15) is 0 Å². The summed E-state index contributed by atoms with van der Waals surface area (Å²) in [5.74, 6) is 0. The largest absolute Gasteiger partial charge is 0.389 e. The van der Waals surface area contributed by atoms with E-state index in [-0.39, 0.29) is 6.10 Å². The lowest BCUT2D eigenvalue weighted by atomic mass is 10.1. The molecular weight excluding hydrogens is 186 g/mol. The fourth-order valence-corrected chi connectivity index (χ4v) is 2.03. The normalized spacial score (nSPS) is 20.1. The molecule has 0 radical (unpaired) electrons. The van der Waals surface area contributed by atoms with E-state index in [1.807, 2.05) is 6.08 Å². The monoisotopic (exact) mass is 211 g/mol. The summed E-state index contributed by atoms with van der Waals surface area (Å²) in [5.41, 5.74) is 0. The van der Waals surface area contributed by atoms with E-state index < -0.39 is 0 Å². The van der Waals surface area contributed by atoms with Crippen LogP contribution in [-0.4, -0.2) is 35.7 Å². The van der Waals surface area contributed by atoms with Crippen LogP contribution >= 0.6 is 0 Å². The first kappa shape index (κ1) is 12.7. The van der Waals surface area contributed by atoms with Crippen LogP contribution in [0, 0.1) is 0 Å². The first-order chi connectivity index (χ1) is 7.33. The molecule has 0 aliphatic carbocycles. The first-order valence-corrected chi connectivity index (χ1v) is 6.40. The summed E-state index contributed by atoms with van der Waals surface area (Å²) in [6.07, 6.45) is 11.1. The fourth-order valence-electron chi connectivity index (χ4n) is 2.03. The molecule has 1 rings (SSSR count). The summed E-state index contributed by atoms with van der Waals surface area (Å²) in [7, 11) is 0. The first-order valence-electron chi connectivity index (χ1n) is 6.40. The van der Waals surface area contributed by atoms with Crippen LogP contribution in [0.3, 0.4) is 0 Å².